The summed E-state index contributed by atoms with van der Waals surface area (Å²) >= 11 is 0. The maximum absolute atomic E-state index is 3.26. The average molecular weight is 303 g/mol. The van der Waals surface area contributed by atoms with E-state index in [9.17, 15) is 0 Å². The van der Waals surface area contributed by atoms with Crippen LogP contribution in [-0.4, -0.2) is 17.3 Å². The van der Waals surface area contributed by atoms with Crippen molar-refractivity contribution in [3.8, 4) is 0 Å². The first kappa shape index (κ1) is 15.3. The summed E-state index contributed by atoms with van der Waals surface area (Å²) in [6.45, 7) is 4.56. The van der Waals surface area contributed by atoms with E-state index in [-0.39, 0.29) is 5.41 Å². The Morgan fingerprint density at radius 3 is 2.35 bits per heavy atom. The van der Waals surface area contributed by atoms with E-state index >= 15 is 0 Å². The summed E-state index contributed by atoms with van der Waals surface area (Å²) in [5, 5.41) is 3.26. The van der Waals surface area contributed by atoms with Gasteiger partial charge < -0.3 is 5.32 Å². The van der Waals surface area contributed by atoms with Crippen LogP contribution in [0.1, 0.15) is 19.4 Å². The van der Waals surface area contributed by atoms with Crippen LogP contribution in [-0.2, 0) is 5.41 Å². The van der Waals surface area contributed by atoms with Gasteiger partial charge in [-0.3, -0.25) is 0 Å². The van der Waals surface area contributed by atoms with Crippen LogP contribution >= 0.6 is 0 Å². The molecule has 0 saturated carbocycles. The molecule has 0 aliphatic carbocycles. The Labute approximate surface area is 138 Å². The number of hydrogen-bond donors (Lipinski definition) is 1. The molecule has 0 radical (unpaired) electrons. The molecule has 0 saturated heterocycles. The second-order valence-electron chi connectivity index (χ2n) is 6.32. The van der Waals surface area contributed by atoms with Crippen molar-refractivity contribution in [1.29, 1.82) is 0 Å². The molecule has 23 heavy (non-hydrogen) atoms. The molecule has 0 atom stereocenters. The molecule has 0 bridgehead atoms. The molecule has 1 heterocycles. The number of allylic oxidation sites excluding steroid dienone is 3. The number of para-hydroxylation sites is 2. The van der Waals surface area contributed by atoms with Crippen molar-refractivity contribution in [1.82, 2.24) is 0 Å². The first-order valence-electron chi connectivity index (χ1n) is 7.96. The third kappa shape index (κ3) is 2.98. The summed E-state index contributed by atoms with van der Waals surface area (Å²) in [6, 6.07) is 18.8. The van der Waals surface area contributed by atoms with Crippen LogP contribution in [0.4, 0.5) is 11.4 Å². The Bertz CT molecular complexity index is 780. The third-order valence-corrected chi connectivity index (χ3v) is 4.43. The smallest absolute Gasteiger partial charge is 0.209 e. The second-order valence-corrected chi connectivity index (χ2v) is 6.32. The molecule has 116 valence electrons. The Hall–Kier alpha value is -2.61. The molecule has 2 aromatic rings. The van der Waals surface area contributed by atoms with E-state index in [2.05, 4.69) is 67.2 Å². The Morgan fingerprint density at radius 1 is 0.913 bits per heavy atom. The molecule has 0 spiro atoms. The van der Waals surface area contributed by atoms with Crippen LogP contribution in [0.2, 0.25) is 0 Å². The van der Waals surface area contributed by atoms with Gasteiger partial charge in [-0.25, -0.2) is 0 Å². The van der Waals surface area contributed by atoms with Gasteiger partial charge in [-0.05, 0) is 32.1 Å². The zero-order valence-corrected chi connectivity index (χ0v) is 14.0. The zero-order valence-electron chi connectivity index (χ0n) is 14.0. The van der Waals surface area contributed by atoms with Gasteiger partial charge in [0, 0.05) is 29.6 Å². The van der Waals surface area contributed by atoms with Crippen LogP contribution in [0.25, 0.3) is 0 Å². The van der Waals surface area contributed by atoms with Crippen LogP contribution in [0.3, 0.4) is 0 Å². The minimum Gasteiger partial charge on any atom is -0.362 e. The Kier molecular flexibility index (Phi) is 4.16. The van der Waals surface area contributed by atoms with Crippen LogP contribution < -0.4 is 5.32 Å². The lowest BCUT2D eigenvalue weighted by atomic mass is 9.81. The molecule has 0 unspecified atom stereocenters. The van der Waals surface area contributed by atoms with E-state index in [1.807, 2.05) is 42.6 Å². The second kappa shape index (κ2) is 6.25. The fourth-order valence-corrected chi connectivity index (χ4v) is 3.18. The number of nitrogens with zero attached hydrogens (tertiary/aromatic N) is 1. The number of benzene rings is 2. The van der Waals surface area contributed by atoms with Gasteiger partial charge in [-0.2, -0.15) is 4.58 Å². The highest BCUT2D eigenvalue weighted by atomic mass is 15.0. The highest BCUT2D eigenvalue weighted by Crippen LogP contribution is 2.38. The predicted octanol–water partition coefficient (Wildman–Crippen LogP) is 4.87. The minimum absolute atomic E-state index is 0.0303. The summed E-state index contributed by atoms with van der Waals surface area (Å²) in [5.74, 6) is 0. The van der Waals surface area contributed by atoms with Crippen molar-refractivity contribution < 1.29 is 4.58 Å². The van der Waals surface area contributed by atoms with Crippen molar-refractivity contribution in [3.05, 3.63) is 84.6 Å². The molecule has 2 aromatic carbocycles. The van der Waals surface area contributed by atoms with Gasteiger partial charge in [0.1, 0.15) is 7.05 Å². The maximum atomic E-state index is 3.26. The Balaban J connectivity index is 1.74. The lowest BCUT2D eigenvalue weighted by molar-refractivity contribution is -0.401. The number of fused-ring (bicyclic) bond motifs is 1. The van der Waals surface area contributed by atoms with E-state index in [0.717, 1.165) is 5.69 Å². The lowest BCUT2D eigenvalue weighted by Gasteiger charge is -2.14. The summed E-state index contributed by atoms with van der Waals surface area (Å²) < 4.78 is 2.28. The molecule has 1 N–H and O–H groups in total. The van der Waals surface area contributed by atoms with Crippen LogP contribution in [0.15, 0.2) is 79.0 Å². The van der Waals surface area contributed by atoms with Crippen molar-refractivity contribution in [2.24, 2.45) is 0 Å². The summed E-state index contributed by atoms with van der Waals surface area (Å²) in [7, 11) is 2.14. The molecule has 2 nitrogen and oxygen atoms in total. The predicted molar refractivity (Wildman–Crippen MR) is 98.7 cm³/mol. The largest absolute Gasteiger partial charge is 0.362 e. The average Bonchev–Trinajstić information content (AvgIpc) is 2.76. The molecular weight excluding hydrogens is 280 g/mol. The summed E-state index contributed by atoms with van der Waals surface area (Å²) in [4.78, 5) is 0. The normalized spacial score (nSPS) is 16.3. The maximum Gasteiger partial charge on any atom is 0.209 e. The minimum atomic E-state index is 0.0303. The molecule has 0 amide bonds. The van der Waals surface area contributed by atoms with Gasteiger partial charge in [0.25, 0.3) is 0 Å². The highest BCUT2D eigenvalue weighted by Gasteiger charge is 2.42. The molecule has 0 fully saturated rings. The number of hydrogen-bond acceptors (Lipinski definition) is 1. The molecule has 3 rings (SSSR count). The Morgan fingerprint density at radius 2 is 1.61 bits per heavy atom. The van der Waals surface area contributed by atoms with Crippen molar-refractivity contribution in [2.45, 2.75) is 19.3 Å². The first-order valence-corrected chi connectivity index (χ1v) is 7.96. The summed E-state index contributed by atoms with van der Waals surface area (Å²) in [6.07, 6.45) is 8.28. The van der Waals surface area contributed by atoms with Crippen molar-refractivity contribution >= 4 is 17.1 Å². The van der Waals surface area contributed by atoms with Crippen molar-refractivity contribution in [3.63, 3.8) is 0 Å². The molecule has 0 aromatic heterocycles. The molecule has 1 aliphatic rings. The highest BCUT2D eigenvalue weighted by molar-refractivity contribution is 6.03. The van der Waals surface area contributed by atoms with Gasteiger partial charge in [0.2, 0.25) is 5.69 Å². The zero-order chi connectivity index (χ0) is 16.3. The topological polar surface area (TPSA) is 15.0 Å². The van der Waals surface area contributed by atoms with Gasteiger partial charge in [-0.15, -0.1) is 0 Å². The fourth-order valence-electron chi connectivity index (χ4n) is 3.18. The fraction of sp³-hybridized carbons (Fsp3) is 0.190. The van der Waals surface area contributed by atoms with E-state index < -0.39 is 0 Å². The van der Waals surface area contributed by atoms with Gasteiger partial charge in [0.05, 0.1) is 5.41 Å². The molecule has 2 heteroatoms. The standard InChI is InChI=1S/C21H22N2/c1-21(2)18-13-7-8-14-19(18)23(3)20(21)15-9-10-16-22-17-11-5-4-6-12-17/h4-16H,1-3H3/p+1. The van der Waals surface area contributed by atoms with Crippen LogP contribution in [0.5, 0.6) is 0 Å². The monoisotopic (exact) mass is 303 g/mol. The van der Waals surface area contributed by atoms with Gasteiger partial charge in [-0.1, -0.05) is 42.5 Å². The molecule has 1 aliphatic heterocycles. The summed E-state index contributed by atoms with van der Waals surface area (Å²) in [5.41, 5.74) is 5.11. The SMILES string of the molecule is C[N+]1=C(C=CC=CNc2ccccc2)C(C)(C)c2ccccc21. The third-order valence-electron chi connectivity index (χ3n) is 4.43. The number of anilines is 1. The van der Waals surface area contributed by atoms with Gasteiger partial charge >= 0.3 is 0 Å². The molecular formula is C21H23N2+. The van der Waals surface area contributed by atoms with E-state index in [1.165, 1.54) is 17.0 Å². The quantitative estimate of drug-likeness (QED) is 0.629. The van der Waals surface area contributed by atoms with Crippen molar-refractivity contribution in [2.75, 3.05) is 12.4 Å². The number of nitrogens with one attached hydrogen (secondary N) is 1. The lowest BCUT2D eigenvalue weighted by Crippen LogP contribution is -2.26. The van der Waals surface area contributed by atoms with Gasteiger partial charge in [0.15, 0.2) is 5.71 Å². The van der Waals surface area contributed by atoms with E-state index in [0.29, 0.717) is 0 Å². The van der Waals surface area contributed by atoms with E-state index in [4.69, 9.17) is 0 Å². The number of rotatable bonds is 4. The first-order chi connectivity index (χ1) is 11.1. The van der Waals surface area contributed by atoms with Crippen LogP contribution in [0, 0.1) is 0 Å². The van der Waals surface area contributed by atoms with E-state index in [1.54, 1.807) is 0 Å².